The molecule has 3 nitrogen and oxygen atoms in total. The maximum Gasteiger partial charge on any atom is 0.277 e. The van der Waals surface area contributed by atoms with E-state index in [1.165, 1.54) is 16.7 Å². The van der Waals surface area contributed by atoms with Gasteiger partial charge in [0.2, 0.25) is 0 Å². The highest BCUT2D eigenvalue weighted by molar-refractivity contribution is 8.24. The summed E-state index contributed by atoms with van der Waals surface area (Å²) in [5.41, 5.74) is 4.15. The molecule has 0 unspecified atom stereocenters. The number of carbonyl (C=O) groups is 1. The van der Waals surface area contributed by atoms with Crippen LogP contribution in [0.5, 0.6) is 5.75 Å². The van der Waals surface area contributed by atoms with Crippen LogP contribution in [0.3, 0.4) is 0 Å². The predicted octanol–water partition coefficient (Wildman–Crippen LogP) is 8.86. The minimum atomic E-state index is -0.267. The molecule has 0 radical (unpaired) electrons. The molecule has 0 N–H and O–H groups in total. The molecule has 37 heavy (non-hydrogen) atoms. The van der Waals surface area contributed by atoms with Gasteiger partial charge in [-0.05, 0) is 81.4 Å². The fraction of sp³-hybridized carbons (Fsp3) is 0.161. The molecule has 0 bridgehead atoms. The zero-order chi connectivity index (χ0) is 26.2. The summed E-state index contributed by atoms with van der Waals surface area (Å²) in [6, 6.07) is 32.4. The van der Waals surface area contributed by atoms with Crippen molar-refractivity contribution in [2.45, 2.75) is 40.0 Å². The molecule has 0 saturated carbocycles. The Balaban J connectivity index is 1.73. The third kappa shape index (κ3) is 8.03. The van der Waals surface area contributed by atoms with Crippen LogP contribution in [0.2, 0.25) is 0 Å². The Hall–Kier alpha value is -2.93. The number of hydrogen-bond acceptors (Lipinski definition) is 5. The van der Waals surface area contributed by atoms with E-state index in [0.29, 0.717) is 11.3 Å². The van der Waals surface area contributed by atoms with Crippen molar-refractivity contribution in [3.05, 3.63) is 119 Å². The number of ether oxygens (including phenoxy) is 1. The Kier molecular flexibility index (Phi) is 9.56. The lowest BCUT2D eigenvalue weighted by atomic mass is 10.2. The first-order chi connectivity index (χ1) is 17.9. The van der Waals surface area contributed by atoms with Crippen LogP contribution in [0.1, 0.15) is 27.0 Å². The molecule has 0 saturated heterocycles. The molecule has 4 aromatic carbocycles. The van der Waals surface area contributed by atoms with Crippen molar-refractivity contribution >= 4 is 46.2 Å². The summed E-state index contributed by atoms with van der Waals surface area (Å²) < 4.78 is 5.12. The van der Waals surface area contributed by atoms with Gasteiger partial charge in [0, 0.05) is 20.2 Å². The lowest BCUT2D eigenvalue weighted by molar-refractivity contribution is 0.100. The maximum absolute atomic E-state index is 13.3. The van der Waals surface area contributed by atoms with Crippen LogP contribution in [0, 0.1) is 20.8 Å². The van der Waals surface area contributed by atoms with Crippen molar-refractivity contribution in [1.82, 2.24) is 0 Å². The molecule has 6 heteroatoms. The Morgan fingerprint density at radius 2 is 1.08 bits per heavy atom. The fourth-order valence-corrected chi connectivity index (χ4v) is 6.92. The zero-order valence-corrected chi connectivity index (χ0v) is 23.8. The first-order valence-corrected chi connectivity index (χ1v) is 14.5. The molecule has 0 fully saturated rings. The number of aliphatic imine (C=N–C) groups is 1. The molecule has 1 amide bonds. The number of thioether (sulfide) groups is 3. The van der Waals surface area contributed by atoms with E-state index in [0.717, 1.165) is 19.7 Å². The number of carbonyl (C=O) groups excluding carboxylic acids is 1. The van der Waals surface area contributed by atoms with Gasteiger partial charge in [-0.2, -0.15) is 0 Å². The molecule has 0 aromatic heterocycles. The second-order valence-electron chi connectivity index (χ2n) is 8.59. The van der Waals surface area contributed by atoms with E-state index in [1.54, 1.807) is 66.7 Å². The van der Waals surface area contributed by atoms with Crippen LogP contribution < -0.4 is 4.74 Å². The van der Waals surface area contributed by atoms with Crippen LogP contribution in [-0.2, 0) is 0 Å². The quantitative estimate of drug-likeness (QED) is 0.0960. The van der Waals surface area contributed by atoms with E-state index < -0.39 is 0 Å². The zero-order valence-electron chi connectivity index (χ0n) is 21.3. The van der Waals surface area contributed by atoms with Crippen molar-refractivity contribution < 1.29 is 9.53 Å². The van der Waals surface area contributed by atoms with Crippen molar-refractivity contribution in [2.24, 2.45) is 4.99 Å². The van der Waals surface area contributed by atoms with E-state index >= 15 is 0 Å². The van der Waals surface area contributed by atoms with Gasteiger partial charge in [-0.25, -0.2) is 4.99 Å². The number of aryl methyl sites for hydroxylation is 3. The smallest absolute Gasteiger partial charge is 0.277 e. The highest BCUT2D eigenvalue weighted by Gasteiger charge is 2.23. The van der Waals surface area contributed by atoms with Crippen molar-refractivity contribution in [3.63, 3.8) is 0 Å². The summed E-state index contributed by atoms with van der Waals surface area (Å²) in [6.45, 7) is 6.24. The number of methoxy groups -OCH3 is 1. The molecule has 0 heterocycles. The molecular formula is C31H29NO2S3. The molecule has 4 aromatic rings. The van der Waals surface area contributed by atoms with Gasteiger partial charge >= 0.3 is 0 Å². The molecule has 0 atom stereocenters. The van der Waals surface area contributed by atoms with Gasteiger partial charge in [0.1, 0.15) is 15.4 Å². The minimum Gasteiger partial charge on any atom is -0.497 e. The summed E-state index contributed by atoms with van der Waals surface area (Å²) in [5, 5.41) is 0.751. The largest absolute Gasteiger partial charge is 0.497 e. The van der Waals surface area contributed by atoms with Crippen LogP contribution in [0.4, 0.5) is 0 Å². The van der Waals surface area contributed by atoms with Gasteiger partial charge in [-0.1, -0.05) is 64.9 Å². The Bertz CT molecular complexity index is 1300. The fourth-order valence-electron chi connectivity index (χ4n) is 3.35. The highest BCUT2D eigenvalue weighted by atomic mass is 32.2. The predicted molar refractivity (Wildman–Crippen MR) is 160 cm³/mol. The van der Waals surface area contributed by atoms with Crippen LogP contribution in [0.15, 0.2) is 117 Å². The summed E-state index contributed by atoms with van der Waals surface area (Å²) in [6.07, 6.45) is 0. The summed E-state index contributed by atoms with van der Waals surface area (Å²) in [5.74, 6) is 0.439. The molecular weight excluding hydrogens is 515 g/mol. The van der Waals surface area contributed by atoms with E-state index in [2.05, 4.69) is 93.6 Å². The highest BCUT2D eigenvalue weighted by Crippen LogP contribution is 2.41. The van der Waals surface area contributed by atoms with E-state index in [-0.39, 0.29) is 10.5 Å². The van der Waals surface area contributed by atoms with Gasteiger partial charge in [0.15, 0.2) is 0 Å². The summed E-state index contributed by atoms with van der Waals surface area (Å²) in [7, 11) is 1.61. The van der Waals surface area contributed by atoms with Crippen LogP contribution in [-0.4, -0.2) is 22.6 Å². The Labute approximate surface area is 232 Å². The second kappa shape index (κ2) is 13.0. The van der Waals surface area contributed by atoms with Gasteiger partial charge in [-0.3, -0.25) is 4.79 Å². The lowest BCUT2D eigenvalue weighted by Gasteiger charge is -2.19. The Morgan fingerprint density at radius 1 is 0.649 bits per heavy atom. The van der Waals surface area contributed by atoms with E-state index in [1.807, 2.05) is 0 Å². The number of hydrogen-bond donors (Lipinski definition) is 0. The lowest BCUT2D eigenvalue weighted by Crippen LogP contribution is -2.13. The van der Waals surface area contributed by atoms with Crippen molar-refractivity contribution in [1.29, 1.82) is 0 Å². The molecule has 0 aliphatic carbocycles. The molecule has 0 aliphatic rings. The van der Waals surface area contributed by atoms with E-state index in [9.17, 15) is 4.79 Å². The van der Waals surface area contributed by atoms with Gasteiger partial charge < -0.3 is 4.74 Å². The Morgan fingerprint density at radius 3 is 1.51 bits per heavy atom. The normalized spacial score (nSPS) is 11.5. The average molecular weight is 544 g/mol. The molecule has 4 rings (SSSR count). The summed E-state index contributed by atoms with van der Waals surface area (Å²) >= 11 is 4.96. The third-order valence-corrected chi connectivity index (χ3v) is 9.41. The van der Waals surface area contributed by atoms with Gasteiger partial charge in [0.25, 0.3) is 5.91 Å². The monoisotopic (exact) mass is 543 g/mol. The first-order valence-electron chi connectivity index (χ1n) is 11.9. The first kappa shape index (κ1) is 27.1. The minimum absolute atomic E-state index is 0.126. The number of amides is 1. The standard InChI is InChI=1S/C31H29NO2S3/c1-21-5-15-26(16-6-21)35-30(32-29(33)24-11-13-25(34-4)14-12-24)31(36-27-17-7-22(2)8-18-27)37-28-19-9-23(3)10-20-28/h5-20,31H,1-4H3. The van der Waals surface area contributed by atoms with Gasteiger partial charge in [-0.15, -0.1) is 23.5 Å². The van der Waals surface area contributed by atoms with E-state index in [4.69, 9.17) is 9.73 Å². The maximum atomic E-state index is 13.3. The third-order valence-electron chi connectivity index (χ3n) is 5.52. The second-order valence-corrected chi connectivity index (χ2v) is 12.3. The number of rotatable bonds is 8. The van der Waals surface area contributed by atoms with Gasteiger partial charge in [0.05, 0.1) is 7.11 Å². The topological polar surface area (TPSA) is 38.7 Å². The SMILES string of the molecule is COc1ccc(C(=O)N=C(Sc2ccc(C)cc2)C(Sc2ccc(C)cc2)Sc2ccc(C)cc2)cc1. The summed E-state index contributed by atoms with van der Waals surface area (Å²) in [4.78, 5) is 21.3. The average Bonchev–Trinajstić information content (AvgIpc) is 2.91. The molecule has 0 spiro atoms. The van der Waals surface area contributed by atoms with Crippen LogP contribution in [0.25, 0.3) is 0 Å². The number of benzene rings is 4. The number of nitrogens with zero attached hydrogens (tertiary/aromatic N) is 1. The van der Waals surface area contributed by atoms with Crippen molar-refractivity contribution in [3.8, 4) is 5.75 Å². The molecule has 0 aliphatic heterocycles. The molecule has 188 valence electrons. The van der Waals surface area contributed by atoms with Crippen molar-refractivity contribution in [2.75, 3.05) is 7.11 Å². The van der Waals surface area contributed by atoms with Crippen LogP contribution >= 0.6 is 35.3 Å².